The lowest BCUT2D eigenvalue weighted by atomic mass is 10.1. The van der Waals surface area contributed by atoms with Crippen molar-refractivity contribution in [3.05, 3.63) is 76.3 Å². The Morgan fingerprint density at radius 2 is 1.84 bits per heavy atom. The van der Waals surface area contributed by atoms with Crippen LogP contribution in [0.4, 0.5) is 22.0 Å². The molecule has 0 fully saturated rings. The molecule has 0 unspecified atom stereocenters. The van der Waals surface area contributed by atoms with Gasteiger partial charge in [0.1, 0.15) is 35.0 Å². The van der Waals surface area contributed by atoms with Crippen molar-refractivity contribution >= 4 is 16.6 Å². The van der Waals surface area contributed by atoms with Gasteiger partial charge >= 0.3 is 6.18 Å². The number of alkyl halides is 5. The van der Waals surface area contributed by atoms with E-state index in [1.54, 1.807) is 36.4 Å². The number of hydrogen-bond donors (Lipinski definition) is 1. The van der Waals surface area contributed by atoms with Crippen LogP contribution >= 0.6 is 0 Å². The Balaban J connectivity index is 1.81. The minimum absolute atomic E-state index is 0.0357. The molecule has 0 saturated heterocycles. The molecule has 0 saturated carbocycles. The van der Waals surface area contributed by atoms with Crippen LogP contribution in [0.1, 0.15) is 11.4 Å². The van der Waals surface area contributed by atoms with E-state index in [0.717, 1.165) is 0 Å². The Hall–Kier alpha value is -4.19. The fourth-order valence-corrected chi connectivity index (χ4v) is 4.13. The van der Waals surface area contributed by atoms with Crippen LogP contribution in [0.2, 0.25) is 0 Å². The Kier molecular flexibility index (Phi) is 6.20. The number of rotatable bonds is 7. The number of aromatic amines is 1. The van der Waals surface area contributed by atoms with Gasteiger partial charge in [0, 0.05) is 0 Å². The molecule has 0 spiro atoms. The first-order chi connectivity index (χ1) is 17.7. The van der Waals surface area contributed by atoms with E-state index >= 15 is 0 Å². The maximum Gasteiger partial charge on any atom is 0.433 e. The molecule has 3 heterocycles. The van der Waals surface area contributed by atoms with Crippen LogP contribution in [0.25, 0.3) is 39.1 Å². The molecule has 7 nitrogen and oxygen atoms in total. The van der Waals surface area contributed by atoms with E-state index < -0.39 is 37.1 Å². The topological polar surface area (TPSA) is 81.8 Å². The normalized spacial score (nSPS) is 12.2. The van der Waals surface area contributed by atoms with Crippen molar-refractivity contribution in [2.24, 2.45) is 0 Å². The quantitative estimate of drug-likeness (QED) is 0.270. The molecule has 0 aliphatic rings. The summed E-state index contributed by atoms with van der Waals surface area (Å²) in [5, 5.41) is 2.63. The summed E-state index contributed by atoms with van der Waals surface area (Å²) in [5.41, 5.74) is -2.72. The molecule has 3 aromatic heterocycles. The summed E-state index contributed by atoms with van der Waals surface area (Å²) in [6, 6.07) is 14.0. The van der Waals surface area contributed by atoms with Gasteiger partial charge in [0.2, 0.25) is 0 Å². The molecule has 0 amide bonds. The van der Waals surface area contributed by atoms with Gasteiger partial charge < -0.3 is 13.9 Å². The molecule has 0 atom stereocenters. The van der Waals surface area contributed by atoms with Gasteiger partial charge in [-0.1, -0.05) is 36.4 Å². The maximum absolute atomic E-state index is 14.0. The first-order valence-electron chi connectivity index (χ1n) is 10.9. The summed E-state index contributed by atoms with van der Waals surface area (Å²) < 4.78 is 84.4. The first-order valence-corrected chi connectivity index (χ1v) is 10.9. The van der Waals surface area contributed by atoms with Crippen molar-refractivity contribution < 1.29 is 35.8 Å². The lowest BCUT2D eigenvalue weighted by Crippen LogP contribution is -2.21. The molecule has 0 aliphatic carbocycles. The summed E-state index contributed by atoms with van der Waals surface area (Å²) in [6.45, 7) is -1.53. The van der Waals surface area contributed by atoms with E-state index in [-0.39, 0.29) is 33.8 Å². The zero-order valence-corrected chi connectivity index (χ0v) is 19.1. The molecule has 37 heavy (non-hydrogen) atoms. The average Bonchev–Trinajstić information content (AvgIpc) is 3.46. The predicted molar refractivity (Wildman–Crippen MR) is 124 cm³/mol. The number of methoxy groups -OCH3 is 1. The van der Waals surface area contributed by atoms with Crippen LogP contribution in [-0.2, 0) is 17.5 Å². The summed E-state index contributed by atoms with van der Waals surface area (Å²) in [5.74, 6) is 0.397. The highest BCUT2D eigenvalue weighted by Gasteiger charge is 2.38. The van der Waals surface area contributed by atoms with Gasteiger partial charge in [-0.3, -0.25) is 9.89 Å². The second-order valence-corrected chi connectivity index (χ2v) is 8.01. The minimum atomic E-state index is -4.86. The van der Waals surface area contributed by atoms with Gasteiger partial charge in [-0.2, -0.15) is 17.7 Å². The minimum Gasteiger partial charge on any atom is -0.496 e. The number of hydrogen-bond acceptors (Lipinski definition) is 5. The number of benzene rings is 2. The summed E-state index contributed by atoms with van der Waals surface area (Å²) >= 11 is 0. The largest absolute Gasteiger partial charge is 0.496 e. The van der Waals surface area contributed by atoms with Crippen molar-refractivity contribution in [2.45, 2.75) is 19.2 Å². The zero-order valence-electron chi connectivity index (χ0n) is 19.1. The van der Waals surface area contributed by atoms with Crippen LogP contribution in [0.15, 0.2) is 63.8 Å². The van der Waals surface area contributed by atoms with E-state index in [9.17, 15) is 26.7 Å². The Bertz CT molecular complexity index is 1640. The molecule has 1 N–H and O–H groups in total. The van der Waals surface area contributed by atoms with Crippen LogP contribution in [-0.4, -0.2) is 34.7 Å². The van der Waals surface area contributed by atoms with E-state index in [1.807, 2.05) is 0 Å². The number of nitrogens with one attached hydrogen (secondary N) is 1. The molecule has 5 rings (SSSR count). The lowest BCUT2D eigenvalue weighted by Gasteiger charge is -2.09. The summed E-state index contributed by atoms with van der Waals surface area (Å²) in [6.07, 6.45) is -7.66. The Labute approximate surface area is 205 Å². The van der Waals surface area contributed by atoms with Crippen molar-refractivity contribution in [1.29, 1.82) is 0 Å². The molecule has 2 aromatic carbocycles. The van der Waals surface area contributed by atoms with Gasteiger partial charge in [0.25, 0.3) is 12.0 Å². The van der Waals surface area contributed by atoms with Crippen molar-refractivity contribution in [3.63, 3.8) is 0 Å². The fraction of sp³-hybridized carbons (Fsp3) is 0.200. The maximum atomic E-state index is 14.0. The van der Waals surface area contributed by atoms with Gasteiger partial charge in [0.05, 0.1) is 30.4 Å². The van der Waals surface area contributed by atoms with Gasteiger partial charge in [-0.15, -0.1) is 0 Å². The fourth-order valence-electron chi connectivity index (χ4n) is 4.13. The Morgan fingerprint density at radius 1 is 1.08 bits per heavy atom. The van der Waals surface area contributed by atoms with Crippen LogP contribution < -0.4 is 10.3 Å². The molecule has 5 aromatic rings. The zero-order chi connectivity index (χ0) is 26.3. The molecule has 12 heteroatoms. The van der Waals surface area contributed by atoms with Crippen LogP contribution in [0.5, 0.6) is 5.75 Å². The number of H-pyrrole nitrogens is 1. The van der Waals surface area contributed by atoms with Crippen molar-refractivity contribution in [3.8, 4) is 28.2 Å². The molecule has 0 radical (unpaired) electrons. The van der Waals surface area contributed by atoms with E-state index in [0.29, 0.717) is 21.2 Å². The number of ether oxygens (including phenoxy) is 2. The third-order valence-electron chi connectivity index (χ3n) is 5.67. The number of fused-ring (bicyclic) bond motifs is 2. The van der Waals surface area contributed by atoms with E-state index in [1.165, 1.54) is 25.3 Å². The molecule has 0 aliphatic heterocycles. The third kappa shape index (κ3) is 4.44. The van der Waals surface area contributed by atoms with Crippen molar-refractivity contribution in [2.75, 3.05) is 13.7 Å². The van der Waals surface area contributed by atoms with Gasteiger partial charge in [0.15, 0.2) is 5.65 Å². The van der Waals surface area contributed by atoms with Crippen LogP contribution in [0.3, 0.4) is 0 Å². The van der Waals surface area contributed by atoms with E-state index in [2.05, 4.69) is 10.1 Å². The molecule has 192 valence electrons. The van der Waals surface area contributed by atoms with Crippen LogP contribution in [0, 0.1) is 0 Å². The smallest absolute Gasteiger partial charge is 0.433 e. The number of aromatic nitrogens is 3. The first kappa shape index (κ1) is 24.5. The third-order valence-corrected chi connectivity index (χ3v) is 5.67. The molecule has 0 bridgehead atoms. The standard InChI is InChI=1S/C25H18F5N3O4/c1-35-16-8-5-9-17-14(16)10-18(37-17)21-15(11-36-12-19(26)27)31-23-20(13-6-3-2-4-7-13)22(25(28,29)30)32-33(23)24(21)34/h2-10,19,32H,11-12H2,1H3. The highest BCUT2D eigenvalue weighted by Crippen LogP contribution is 2.39. The molecular weight excluding hydrogens is 501 g/mol. The van der Waals surface area contributed by atoms with Gasteiger partial charge in [-0.05, 0) is 23.8 Å². The van der Waals surface area contributed by atoms with Crippen molar-refractivity contribution in [1.82, 2.24) is 14.6 Å². The second-order valence-electron chi connectivity index (χ2n) is 8.01. The number of halogens is 5. The number of nitrogens with zero attached hydrogens (tertiary/aromatic N) is 2. The second kappa shape index (κ2) is 9.36. The SMILES string of the molecule is COc1cccc2oc(-c3c(COCC(F)F)nc4c(-c5ccccc5)c(C(F)(F)F)[nH]n4c3=O)cc12. The summed E-state index contributed by atoms with van der Waals surface area (Å²) in [4.78, 5) is 17.9. The highest BCUT2D eigenvalue weighted by atomic mass is 19.4. The predicted octanol–water partition coefficient (Wildman–Crippen LogP) is 5.91. The number of furan rings is 1. The highest BCUT2D eigenvalue weighted by molar-refractivity contribution is 5.89. The monoisotopic (exact) mass is 519 g/mol. The summed E-state index contributed by atoms with van der Waals surface area (Å²) in [7, 11) is 1.44. The average molecular weight is 519 g/mol. The molecular formula is C25H18F5N3O4. The van der Waals surface area contributed by atoms with Gasteiger partial charge in [-0.25, -0.2) is 13.8 Å². The Morgan fingerprint density at radius 3 is 2.51 bits per heavy atom. The van der Waals surface area contributed by atoms with E-state index in [4.69, 9.17) is 13.9 Å². The lowest BCUT2D eigenvalue weighted by molar-refractivity contribution is -0.140.